The Bertz CT molecular complexity index is 591. The van der Waals surface area contributed by atoms with Crippen molar-refractivity contribution in [3.8, 4) is 0 Å². The van der Waals surface area contributed by atoms with Crippen LogP contribution in [-0.2, 0) is 11.3 Å². The van der Waals surface area contributed by atoms with Gasteiger partial charge in [0.1, 0.15) is 0 Å². The largest absolute Gasteiger partial charge is 0.383 e. The molecule has 114 valence electrons. The fourth-order valence-corrected chi connectivity index (χ4v) is 3.40. The van der Waals surface area contributed by atoms with Gasteiger partial charge in [-0.25, -0.2) is 0 Å². The molecule has 0 bridgehead atoms. The van der Waals surface area contributed by atoms with Crippen molar-refractivity contribution in [3.63, 3.8) is 0 Å². The lowest BCUT2D eigenvalue weighted by Crippen LogP contribution is -2.20. The molecule has 0 fully saturated rings. The molecule has 0 aliphatic rings. The van der Waals surface area contributed by atoms with Crippen LogP contribution in [-0.4, -0.2) is 29.3 Å². The summed E-state index contributed by atoms with van der Waals surface area (Å²) in [7, 11) is 1.65. The van der Waals surface area contributed by atoms with Gasteiger partial charge in [0.15, 0.2) is 0 Å². The van der Waals surface area contributed by atoms with Gasteiger partial charge in [0.2, 0.25) is 0 Å². The Morgan fingerprint density at radius 3 is 2.81 bits per heavy atom. The van der Waals surface area contributed by atoms with Crippen LogP contribution < -0.4 is 5.73 Å². The molecule has 0 saturated carbocycles. The lowest BCUT2D eigenvalue weighted by atomic mass is 10.2. The maximum absolute atomic E-state index is 6.26. The zero-order valence-electron chi connectivity index (χ0n) is 11.6. The van der Waals surface area contributed by atoms with Crippen LogP contribution in [0.1, 0.15) is 11.7 Å². The van der Waals surface area contributed by atoms with Gasteiger partial charge in [-0.1, -0.05) is 35.3 Å². The standard InChI is InChI=1S/C14H17Cl2N3OS/c1-20-7-6-19-14(11(16)8-18-19)12(17)9-21-13-5-3-2-4-10(13)15/h2-5,8,12H,6-7,9,17H2,1H3. The Morgan fingerprint density at radius 1 is 1.33 bits per heavy atom. The summed E-state index contributed by atoms with van der Waals surface area (Å²) in [5, 5.41) is 5.55. The minimum absolute atomic E-state index is 0.224. The topological polar surface area (TPSA) is 53.1 Å². The third-order valence-electron chi connectivity index (χ3n) is 2.95. The Hall–Kier alpha value is -0.720. The molecule has 1 heterocycles. The van der Waals surface area contributed by atoms with Crippen molar-refractivity contribution in [2.45, 2.75) is 17.5 Å². The number of aromatic nitrogens is 2. The first-order chi connectivity index (χ1) is 10.1. The van der Waals surface area contributed by atoms with Crippen LogP contribution in [0.2, 0.25) is 10.0 Å². The zero-order valence-corrected chi connectivity index (χ0v) is 14.0. The third kappa shape index (κ3) is 4.37. The van der Waals surface area contributed by atoms with Gasteiger partial charge in [0, 0.05) is 17.8 Å². The van der Waals surface area contributed by atoms with Crippen LogP contribution in [0.5, 0.6) is 0 Å². The minimum atomic E-state index is -0.224. The summed E-state index contributed by atoms with van der Waals surface area (Å²) in [6.45, 7) is 1.19. The van der Waals surface area contributed by atoms with Gasteiger partial charge in [-0.2, -0.15) is 5.10 Å². The predicted molar refractivity (Wildman–Crippen MR) is 88.2 cm³/mol. The smallest absolute Gasteiger partial charge is 0.0834 e. The van der Waals surface area contributed by atoms with Crippen LogP contribution in [0.25, 0.3) is 0 Å². The molecule has 1 unspecified atom stereocenters. The van der Waals surface area contributed by atoms with E-state index < -0.39 is 0 Å². The Kier molecular flexibility index (Phi) is 6.39. The van der Waals surface area contributed by atoms with Gasteiger partial charge >= 0.3 is 0 Å². The number of hydrogen-bond acceptors (Lipinski definition) is 4. The SMILES string of the molecule is COCCn1ncc(Cl)c1C(N)CSc1ccccc1Cl. The summed E-state index contributed by atoms with van der Waals surface area (Å²) in [6, 6.07) is 7.48. The number of ether oxygens (including phenoxy) is 1. The van der Waals surface area contributed by atoms with Crippen molar-refractivity contribution < 1.29 is 4.74 Å². The van der Waals surface area contributed by atoms with Gasteiger partial charge in [0.25, 0.3) is 0 Å². The van der Waals surface area contributed by atoms with Crippen molar-refractivity contribution >= 4 is 35.0 Å². The molecule has 0 saturated heterocycles. The van der Waals surface area contributed by atoms with Gasteiger partial charge in [0.05, 0.1) is 41.1 Å². The fourth-order valence-electron chi connectivity index (χ4n) is 1.92. The van der Waals surface area contributed by atoms with E-state index in [2.05, 4.69) is 5.10 Å². The number of hydrogen-bond donors (Lipinski definition) is 1. The van der Waals surface area contributed by atoms with E-state index in [1.807, 2.05) is 24.3 Å². The molecule has 21 heavy (non-hydrogen) atoms. The van der Waals surface area contributed by atoms with E-state index in [1.165, 1.54) is 0 Å². The van der Waals surface area contributed by atoms with Gasteiger partial charge in [-0.15, -0.1) is 11.8 Å². The summed E-state index contributed by atoms with van der Waals surface area (Å²) in [5.74, 6) is 0.669. The Balaban J connectivity index is 2.05. The molecule has 1 aromatic heterocycles. The summed E-state index contributed by atoms with van der Waals surface area (Å²) < 4.78 is 6.86. The minimum Gasteiger partial charge on any atom is -0.383 e. The highest BCUT2D eigenvalue weighted by Gasteiger charge is 2.17. The first-order valence-corrected chi connectivity index (χ1v) is 8.20. The van der Waals surface area contributed by atoms with E-state index >= 15 is 0 Å². The first kappa shape index (κ1) is 16.6. The number of rotatable bonds is 7. The predicted octanol–water partition coefficient (Wildman–Crippen LogP) is 3.63. The monoisotopic (exact) mass is 345 g/mol. The molecule has 1 atom stereocenters. The van der Waals surface area contributed by atoms with Gasteiger partial charge < -0.3 is 10.5 Å². The third-order valence-corrected chi connectivity index (χ3v) is 4.87. The number of halogens is 2. The molecule has 1 aromatic carbocycles. The van der Waals surface area contributed by atoms with Crippen molar-refractivity contribution in [1.29, 1.82) is 0 Å². The van der Waals surface area contributed by atoms with Gasteiger partial charge in [-0.3, -0.25) is 4.68 Å². The highest BCUT2D eigenvalue weighted by atomic mass is 35.5. The van der Waals surface area contributed by atoms with E-state index in [0.29, 0.717) is 23.9 Å². The van der Waals surface area contributed by atoms with E-state index in [4.69, 9.17) is 33.7 Å². The second kappa shape index (κ2) is 8.06. The highest BCUT2D eigenvalue weighted by Crippen LogP contribution is 2.31. The summed E-state index contributed by atoms with van der Waals surface area (Å²) >= 11 is 13.9. The maximum Gasteiger partial charge on any atom is 0.0834 e. The molecule has 2 rings (SSSR count). The molecule has 4 nitrogen and oxygen atoms in total. The van der Waals surface area contributed by atoms with E-state index in [0.717, 1.165) is 15.6 Å². The van der Waals surface area contributed by atoms with E-state index in [9.17, 15) is 0 Å². The maximum atomic E-state index is 6.26. The molecule has 0 amide bonds. The molecule has 0 aliphatic heterocycles. The fraction of sp³-hybridized carbons (Fsp3) is 0.357. The summed E-state index contributed by atoms with van der Waals surface area (Å²) in [5.41, 5.74) is 7.09. The molecule has 0 spiro atoms. The van der Waals surface area contributed by atoms with Crippen molar-refractivity contribution in [2.24, 2.45) is 5.73 Å². The van der Waals surface area contributed by atoms with Crippen LogP contribution >= 0.6 is 35.0 Å². The quantitative estimate of drug-likeness (QED) is 0.778. The molecule has 2 aromatic rings. The number of nitrogens with zero attached hydrogens (tertiary/aromatic N) is 2. The molecule has 0 aliphatic carbocycles. The first-order valence-electron chi connectivity index (χ1n) is 6.46. The summed E-state index contributed by atoms with van der Waals surface area (Å²) in [6.07, 6.45) is 1.62. The highest BCUT2D eigenvalue weighted by molar-refractivity contribution is 7.99. The molecule has 2 N–H and O–H groups in total. The van der Waals surface area contributed by atoms with Crippen molar-refractivity contribution in [1.82, 2.24) is 9.78 Å². The van der Waals surface area contributed by atoms with Crippen molar-refractivity contribution in [3.05, 3.63) is 46.2 Å². The summed E-state index contributed by atoms with van der Waals surface area (Å²) in [4.78, 5) is 1.01. The Morgan fingerprint density at radius 2 is 2.10 bits per heavy atom. The number of nitrogens with two attached hydrogens (primary N) is 1. The number of benzene rings is 1. The average molecular weight is 346 g/mol. The second-order valence-corrected chi connectivity index (χ2v) is 6.32. The second-order valence-electron chi connectivity index (χ2n) is 4.44. The van der Waals surface area contributed by atoms with E-state index in [-0.39, 0.29) is 6.04 Å². The molecular formula is C14H17Cl2N3OS. The van der Waals surface area contributed by atoms with E-state index in [1.54, 1.807) is 29.8 Å². The number of thioether (sulfide) groups is 1. The average Bonchev–Trinajstić information content (AvgIpc) is 2.85. The van der Waals surface area contributed by atoms with Crippen molar-refractivity contribution in [2.75, 3.05) is 19.5 Å². The zero-order chi connectivity index (χ0) is 15.2. The normalized spacial score (nSPS) is 12.6. The van der Waals surface area contributed by atoms with Crippen LogP contribution in [0.4, 0.5) is 0 Å². The molecular weight excluding hydrogens is 329 g/mol. The molecule has 0 radical (unpaired) electrons. The van der Waals surface area contributed by atoms with Crippen LogP contribution in [0, 0.1) is 0 Å². The van der Waals surface area contributed by atoms with Crippen LogP contribution in [0.3, 0.4) is 0 Å². The molecule has 7 heteroatoms. The van der Waals surface area contributed by atoms with Crippen LogP contribution in [0.15, 0.2) is 35.4 Å². The Labute approximate surface area is 138 Å². The number of methoxy groups -OCH3 is 1. The lowest BCUT2D eigenvalue weighted by molar-refractivity contribution is 0.182. The lowest BCUT2D eigenvalue weighted by Gasteiger charge is -2.15. The van der Waals surface area contributed by atoms with Gasteiger partial charge in [-0.05, 0) is 12.1 Å².